The number of morpholine rings is 1. The molecule has 0 spiro atoms. The second-order valence-electron chi connectivity index (χ2n) is 8.06. The maximum Gasteiger partial charge on any atom is 0.225 e. The molecule has 154 valence electrons. The Morgan fingerprint density at radius 1 is 1.36 bits per heavy atom. The van der Waals surface area contributed by atoms with Crippen molar-refractivity contribution in [1.82, 2.24) is 20.1 Å². The van der Waals surface area contributed by atoms with Crippen molar-refractivity contribution in [2.45, 2.75) is 32.7 Å². The minimum atomic E-state index is -0.249. The van der Waals surface area contributed by atoms with Gasteiger partial charge in [-0.25, -0.2) is 0 Å². The summed E-state index contributed by atoms with van der Waals surface area (Å²) in [5, 5.41) is 3.11. The number of piperidine rings is 1. The van der Waals surface area contributed by atoms with E-state index in [2.05, 4.69) is 29.0 Å². The Labute approximate surface area is 167 Å². The fraction of sp³-hybridized carbons (Fsp3) is 0.667. The van der Waals surface area contributed by atoms with Crippen molar-refractivity contribution in [2.24, 2.45) is 11.8 Å². The number of aromatic nitrogens is 1. The van der Waals surface area contributed by atoms with Crippen LogP contribution in [0.25, 0.3) is 0 Å². The topological polar surface area (TPSA) is 74.8 Å². The number of pyridine rings is 1. The van der Waals surface area contributed by atoms with E-state index < -0.39 is 0 Å². The summed E-state index contributed by atoms with van der Waals surface area (Å²) in [6.07, 6.45) is 4.50. The van der Waals surface area contributed by atoms with Gasteiger partial charge in [0.2, 0.25) is 11.8 Å². The van der Waals surface area contributed by atoms with Crippen molar-refractivity contribution in [3.63, 3.8) is 0 Å². The molecule has 0 bridgehead atoms. The first-order valence-corrected chi connectivity index (χ1v) is 10.3. The number of likely N-dealkylation sites (tertiary alicyclic amines) is 1. The van der Waals surface area contributed by atoms with Crippen LogP contribution in [-0.2, 0) is 14.3 Å². The molecule has 3 rings (SSSR count). The first-order chi connectivity index (χ1) is 13.6. The lowest BCUT2D eigenvalue weighted by Gasteiger charge is -2.41. The van der Waals surface area contributed by atoms with Gasteiger partial charge < -0.3 is 15.0 Å². The molecule has 2 atom stereocenters. The monoisotopic (exact) mass is 388 g/mol. The molecule has 1 N–H and O–H groups in total. The van der Waals surface area contributed by atoms with Crippen LogP contribution in [0.1, 0.15) is 38.3 Å². The lowest BCUT2D eigenvalue weighted by molar-refractivity contribution is -0.144. The van der Waals surface area contributed by atoms with Gasteiger partial charge in [-0.1, -0.05) is 19.9 Å². The molecule has 2 aliphatic heterocycles. The van der Waals surface area contributed by atoms with Gasteiger partial charge in [-0.2, -0.15) is 0 Å². The number of nitrogens with one attached hydrogen (secondary N) is 1. The number of carbonyl (C=O) groups excluding carboxylic acids is 2. The van der Waals surface area contributed by atoms with Crippen molar-refractivity contribution >= 4 is 11.8 Å². The van der Waals surface area contributed by atoms with Crippen molar-refractivity contribution in [3.8, 4) is 0 Å². The Balaban J connectivity index is 1.69. The Kier molecular flexibility index (Phi) is 7.39. The summed E-state index contributed by atoms with van der Waals surface area (Å²) < 4.78 is 5.37. The zero-order valence-corrected chi connectivity index (χ0v) is 17.0. The van der Waals surface area contributed by atoms with Crippen LogP contribution in [0.2, 0.25) is 0 Å². The van der Waals surface area contributed by atoms with Gasteiger partial charge in [0.05, 0.1) is 25.2 Å². The van der Waals surface area contributed by atoms with Crippen LogP contribution in [0.3, 0.4) is 0 Å². The number of nitrogens with zero attached hydrogens (tertiary/aromatic N) is 3. The third-order valence-electron chi connectivity index (χ3n) is 5.46. The van der Waals surface area contributed by atoms with E-state index in [9.17, 15) is 9.59 Å². The van der Waals surface area contributed by atoms with Crippen LogP contribution < -0.4 is 5.32 Å². The van der Waals surface area contributed by atoms with Gasteiger partial charge in [0.25, 0.3) is 0 Å². The fourth-order valence-electron chi connectivity index (χ4n) is 4.09. The molecule has 0 aromatic carbocycles. The van der Waals surface area contributed by atoms with Crippen molar-refractivity contribution in [3.05, 3.63) is 30.1 Å². The lowest BCUT2D eigenvalue weighted by Crippen LogP contribution is -2.50. The summed E-state index contributed by atoms with van der Waals surface area (Å²) >= 11 is 0. The molecule has 0 unspecified atom stereocenters. The smallest absolute Gasteiger partial charge is 0.225 e. The SMILES string of the molecule is CC(C)CN1C(=O)CC[C@@H](C(=O)NCCN2CCOCC2)[C@@H]1c1cccnc1. The van der Waals surface area contributed by atoms with Crippen LogP contribution in [0.5, 0.6) is 0 Å². The number of rotatable bonds is 7. The third kappa shape index (κ3) is 5.29. The predicted molar refractivity (Wildman–Crippen MR) is 107 cm³/mol. The minimum Gasteiger partial charge on any atom is -0.379 e. The molecule has 7 nitrogen and oxygen atoms in total. The molecule has 2 saturated heterocycles. The standard InChI is InChI=1S/C21H32N4O3/c1-16(2)15-25-19(26)6-5-18(20(25)17-4-3-7-22-14-17)21(27)23-8-9-24-10-12-28-13-11-24/h3-4,7,14,16,18,20H,5-6,8-13,15H2,1-2H3,(H,23,27)/t18-,20+/m1/s1. The van der Waals surface area contributed by atoms with Gasteiger partial charge in [-0.05, 0) is 24.0 Å². The maximum atomic E-state index is 13.0. The van der Waals surface area contributed by atoms with Crippen LogP contribution in [-0.4, -0.2) is 72.5 Å². The van der Waals surface area contributed by atoms with E-state index in [-0.39, 0.29) is 23.8 Å². The third-order valence-corrected chi connectivity index (χ3v) is 5.46. The second-order valence-corrected chi connectivity index (χ2v) is 8.06. The summed E-state index contributed by atoms with van der Waals surface area (Å²) in [6.45, 7) is 9.62. The highest BCUT2D eigenvalue weighted by Crippen LogP contribution is 2.37. The molecule has 0 saturated carbocycles. The predicted octanol–water partition coefficient (Wildman–Crippen LogP) is 1.47. The number of carbonyl (C=O) groups is 2. The van der Waals surface area contributed by atoms with E-state index in [1.54, 1.807) is 12.4 Å². The van der Waals surface area contributed by atoms with Crippen molar-refractivity contribution in [2.75, 3.05) is 45.9 Å². The summed E-state index contributed by atoms with van der Waals surface area (Å²) in [5.41, 5.74) is 0.935. The quantitative estimate of drug-likeness (QED) is 0.766. The van der Waals surface area contributed by atoms with E-state index in [0.29, 0.717) is 31.8 Å². The van der Waals surface area contributed by atoms with Crippen molar-refractivity contribution < 1.29 is 14.3 Å². The van der Waals surface area contributed by atoms with Crippen LogP contribution in [0.15, 0.2) is 24.5 Å². The largest absolute Gasteiger partial charge is 0.379 e. The van der Waals surface area contributed by atoms with Gasteiger partial charge in [0.1, 0.15) is 0 Å². The molecule has 2 aliphatic rings. The molecule has 2 amide bonds. The second kappa shape index (κ2) is 9.98. The fourth-order valence-corrected chi connectivity index (χ4v) is 4.09. The Morgan fingerprint density at radius 2 is 2.14 bits per heavy atom. The molecule has 2 fully saturated rings. The molecule has 1 aromatic heterocycles. The zero-order valence-electron chi connectivity index (χ0n) is 17.0. The zero-order chi connectivity index (χ0) is 19.9. The molecule has 3 heterocycles. The first-order valence-electron chi connectivity index (χ1n) is 10.3. The number of amides is 2. The van der Waals surface area contributed by atoms with Gasteiger partial charge in [-0.3, -0.25) is 19.5 Å². The average Bonchev–Trinajstić information content (AvgIpc) is 2.70. The number of hydrogen-bond donors (Lipinski definition) is 1. The normalized spacial score (nSPS) is 23.8. The highest BCUT2D eigenvalue weighted by Gasteiger charge is 2.40. The molecule has 1 aromatic rings. The maximum absolute atomic E-state index is 13.0. The van der Waals surface area contributed by atoms with Gasteiger partial charge in [-0.15, -0.1) is 0 Å². The average molecular weight is 389 g/mol. The van der Waals surface area contributed by atoms with Gasteiger partial charge >= 0.3 is 0 Å². The number of ether oxygens (including phenoxy) is 1. The highest BCUT2D eigenvalue weighted by molar-refractivity contribution is 5.85. The number of hydrogen-bond acceptors (Lipinski definition) is 5. The molecule has 28 heavy (non-hydrogen) atoms. The Hall–Kier alpha value is -1.99. The first kappa shape index (κ1) is 20.7. The van der Waals surface area contributed by atoms with Crippen molar-refractivity contribution in [1.29, 1.82) is 0 Å². The molecule has 0 aliphatic carbocycles. The van der Waals surface area contributed by atoms with E-state index in [4.69, 9.17) is 4.74 Å². The van der Waals surface area contributed by atoms with Crippen LogP contribution in [0, 0.1) is 11.8 Å². The van der Waals surface area contributed by atoms with E-state index >= 15 is 0 Å². The summed E-state index contributed by atoms with van der Waals surface area (Å²) in [6, 6.07) is 3.59. The molecular formula is C21H32N4O3. The summed E-state index contributed by atoms with van der Waals surface area (Å²) in [7, 11) is 0. The van der Waals surface area contributed by atoms with E-state index in [1.807, 2.05) is 17.0 Å². The highest BCUT2D eigenvalue weighted by atomic mass is 16.5. The summed E-state index contributed by atoms with van der Waals surface area (Å²) in [4.78, 5) is 34.1. The Morgan fingerprint density at radius 3 is 2.82 bits per heavy atom. The van der Waals surface area contributed by atoms with E-state index in [0.717, 1.165) is 38.4 Å². The van der Waals surface area contributed by atoms with Crippen LogP contribution in [0.4, 0.5) is 0 Å². The molecule has 7 heteroatoms. The minimum absolute atomic E-state index is 0.0309. The molecular weight excluding hydrogens is 356 g/mol. The van der Waals surface area contributed by atoms with Gasteiger partial charge in [0.15, 0.2) is 0 Å². The van der Waals surface area contributed by atoms with Crippen LogP contribution >= 0.6 is 0 Å². The van der Waals surface area contributed by atoms with Gasteiger partial charge in [0, 0.05) is 51.5 Å². The molecule has 0 radical (unpaired) electrons. The Bertz CT molecular complexity index is 646. The lowest BCUT2D eigenvalue weighted by atomic mass is 9.83. The summed E-state index contributed by atoms with van der Waals surface area (Å²) in [5.74, 6) is 0.250. The van der Waals surface area contributed by atoms with E-state index in [1.165, 1.54) is 0 Å².